The number of carbonyl (C=O) groups is 3. The van der Waals surface area contributed by atoms with E-state index >= 15 is 0 Å². The zero-order valence-electron chi connectivity index (χ0n) is 15.1. The van der Waals surface area contributed by atoms with E-state index in [-0.39, 0.29) is 18.4 Å². The molecule has 1 fully saturated rings. The van der Waals surface area contributed by atoms with Crippen molar-refractivity contribution in [1.29, 1.82) is 0 Å². The number of nitrogens with two attached hydrogens (primary N) is 1. The maximum Gasteiger partial charge on any atom is 0.254 e. The molecule has 2 aliphatic rings. The number of anilines is 1. The molecule has 1 atom stereocenters. The Morgan fingerprint density at radius 3 is 2.56 bits per heavy atom. The number of nitrogens with zero attached hydrogens (tertiary/aromatic N) is 2. The van der Waals surface area contributed by atoms with Crippen LogP contribution in [0.2, 0.25) is 0 Å². The average molecular weight is 363 g/mol. The highest BCUT2D eigenvalue weighted by Crippen LogP contribution is 2.47. The highest BCUT2D eigenvalue weighted by molar-refractivity contribution is 6.11. The lowest BCUT2D eigenvalue weighted by molar-refractivity contribution is -0.125. The quantitative estimate of drug-likeness (QED) is 0.899. The molecule has 0 saturated carbocycles. The normalized spacial score (nSPS) is 21.0. The lowest BCUT2D eigenvalue weighted by Gasteiger charge is -2.24. The molecule has 138 valence electrons. The molecular formula is C21H21N3O3. The molecule has 27 heavy (non-hydrogen) atoms. The van der Waals surface area contributed by atoms with E-state index in [2.05, 4.69) is 0 Å². The molecule has 6 heteroatoms. The maximum atomic E-state index is 13.3. The van der Waals surface area contributed by atoms with Crippen molar-refractivity contribution < 1.29 is 14.4 Å². The number of carbonyl (C=O) groups excluding carboxylic acids is 3. The second-order valence-corrected chi connectivity index (χ2v) is 7.25. The smallest absolute Gasteiger partial charge is 0.254 e. The van der Waals surface area contributed by atoms with Crippen LogP contribution in [0.4, 0.5) is 5.69 Å². The fourth-order valence-electron chi connectivity index (χ4n) is 4.27. The molecule has 6 nitrogen and oxygen atoms in total. The lowest BCUT2D eigenvalue weighted by Crippen LogP contribution is -2.45. The van der Waals surface area contributed by atoms with Crippen molar-refractivity contribution in [2.45, 2.75) is 18.8 Å². The topological polar surface area (TPSA) is 83.7 Å². The maximum absolute atomic E-state index is 13.3. The first-order chi connectivity index (χ1) is 12.9. The van der Waals surface area contributed by atoms with Gasteiger partial charge in [-0.15, -0.1) is 0 Å². The molecule has 0 unspecified atom stereocenters. The van der Waals surface area contributed by atoms with Gasteiger partial charge in [-0.05, 0) is 36.6 Å². The molecule has 2 aromatic carbocycles. The Morgan fingerprint density at radius 1 is 1.11 bits per heavy atom. The molecule has 1 spiro atoms. The molecular weight excluding hydrogens is 342 g/mol. The summed E-state index contributed by atoms with van der Waals surface area (Å²) in [6.45, 7) is 2.57. The summed E-state index contributed by atoms with van der Waals surface area (Å²) in [5, 5.41) is 0. The van der Waals surface area contributed by atoms with Crippen molar-refractivity contribution in [2.24, 2.45) is 5.73 Å². The van der Waals surface area contributed by atoms with E-state index in [1.807, 2.05) is 55.5 Å². The Hall–Kier alpha value is -3.15. The van der Waals surface area contributed by atoms with Crippen LogP contribution in [-0.4, -0.2) is 42.3 Å². The van der Waals surface area contributed by atoms with Gasteiger partial charge in [-0.3, -0.25) is 14.4 Å². The van der Waals surface area contributed by atoms with E-state index < -0.39 is 11.3 Å². The number of rotatable bonds is 3. The summed E-state index contributed by atoms with van der Waals surface area (Å²) >= 11 is 0. The molecule has 3 amide bonds. The predicted molar refractivity (Wildman–Crippen MR) is 101 cm³/mol. The molecule has 0 aromatic heterocycles. The van der Waals surface area contributed by atoms with Crippen LogP contribution in [0.5, 0.6) is 0 Å². The van der Waals surface area contributed by atoms with Crippen LogP contribution in [0.3, 0.4) is 0 Å². The highest BCUT2D eigenvalue weighted by atomic mass is 16.2. The minimum atomic E-state index is -0.801. The Kier molecular flexibility index (Phi) is 3.98. The van der Waals surface area contributed by atoms with Gasteiger partial charge in [0, 0.05) is 24.3 Å². The summed E-state index contributed by atoms with van der Waals surface area (Å²) in [6.07, 6.45) is 0.537. The largest absolute Gasteiger partial charge is 0.368 e. The van der Waals surface area contributed by atoms with E-state index in [0.717, 1.165) is 11.1 Å². The number of amides is 3. The molecule has 2 heterocycles. The third-order valence-corrected chi connectivity index (χ3v) is 5.61. The summed E-state index contributed by atoms with van der Waals surface area (Å²) in [5.41, 5.74) is 7.70. The van der Waals surface area contributed by atoms with Gasteiger partial charge >= 0.3 is 0 Å². The Balaban J connectivity index is 1.69. The van der Waals surface area contributed by atoms with Crippen molar-refractivity contribution in [3.05, 3.63) is 65.2 Å². The average Bonchev–Trinajstić information content (AvgIpc) is 3.19. The standard InChI is InChI=1S/C21H21N3O3/c1-14-6-2-3-7-15(14)19(26)23-11-10-21(13-23)16-8-4-5-9-17(16)24(20(21)27)12-18(22)25/h2-9H,10-13H2,1H3,(H2,22,25)/t21-/m1/s1. The number of primary amides is 1. The lowest BCUT2D eigenvalue weighted by atomic mass is 9.81. The van der Waals surface area contributed by atoms with Crippen molar-refractivity contribution in [1.82, 2.24) is 4.90 Å². The molecule has 2 aliphatic heterocycles. The van der Waals surface area contributed by atoms with E-state index in [4.69, 9.17) is 5.73 Å². The highest BCUT2D eigenvalue weighted by Gasteiger charge is 2.55. The second kappa shape index (κ2) is 6.23. The summed E-state index contributed by atoms with van der Waals surface area (Å²) in [4.78, 5) is 41.0. The summed E-state index contributed by atoms with van der Waals surface area (Å²) in [7, 11) is 0. The molecule has 0 radical (unpaired) electrons. The zero-order valence-corrected chi connectivity index (χ0v) is 15.1. The van der Waals surface area contributed by atoms with Gasteiger partial charge in [0.15, 0.2) is 0 Å². The van der Waals surface area contributed by atoms with Gasteiger partial charge in [0.25, 0.3) is 5.91 Å². The van der Waals surface area contributed by atoms with Crippen molar-refractivity contribution in [3.8, 4) is 0 Å². The zero-order chi connectivity index (χ0) is 19.2. The van der Waals surface area contributed by atoms with Gasteiger partial charge < -0.3 is 15.5 Å². The third-order valence-electron chi connectivity index (χ3n) is 5.61. The van der Waals surface area contributed by atoms with Gasteiger partial charge in [-0.25, -0.2) is 0 Å². The molecule has 2 N–H and O–H groups in total. The molecule has 2 aromatic rings. The predicted octanol–water partition coefficient (Wildman–Crippen LogP) is 1.61. The summed E-state index contributed by atoms with van der Waals surface area (Å²) < 4.78 is 0. The number of hydrogen-bond acceptors (Lipinski definition) is 3. The van der Waals surface area contributed by atoms with E-state index in [1.165, 1.54) is 4.90 Å². The fraction of sp³-hybridized carbons (Fsp3) is 0.286. The number of likely N-dealkylation sites (tertiary alicyclic amines) is 1. The number of hydrogen-bond donors (Lipinski definition) is 1. The van der Waals surface area contributed by atoms with E-state index in [9.17, 15) is 14.4 Å². The fourth-order valence-corrected chi connectivity index (χ4v) is 4.27. The van der Waals surface area contributed by atoms with E-state index in [0.29, 0.717) is 30.8 Å². The van der Waals surface area contributed by atoms with E-state index in [1.54, 1.807) is 4.90 Å². The van der Waals surface area contributed by atoms with Crippen LogP contribution in [-0.2, 0) is 15.0 Å². The number of para-hydroxylation sites is 1. The molecule has 1 saturated heterocycles. The van der Waals surface area contributed by atoms with Crippen LogP contribution in [0.25, 0.3) is 0 Å². The van der Waals surface area contributed by atoms with Crippen molar-refractivity contribution >= 4 is 23.4 Å². The number of aryl methyl sites for hydroxylation is 1. The Labute approximate surface area is 157 Å². The Morgan fingerprint density at radius 2 is 1.81 bits per heavy atom. The second-order valence-electron chi connectivity index (χ2n) is 7.25. The van der Waals surface area contributed by atoms with Crippen LogP contribution in [0.1, 0.15) is 27.9 Å². The molecule has 4 rings (SSSR count). The van der Waals surface area contributed by atoms with Gasteiger partial charge in [-0.2, -0.15) is 0 Å². The van der Waals surface area contributed by atoms with Gasteiger partial charge in [0.05, 0.1) is 5.41 Å². The monoisotopic (exact) mass is 363 g/mol. The SMILES string of the molecule is Cc1ccccc1C(=O)N1CC[C@]2(C1)C(=O)N(CC(N)=O)c1ccccc12. The van der Waals surface area contributed by atoms with Crippen LogP contribution >= 0.6 is 0 Å². The first-order valence-corrected chi connectivity index (χ1v) is 8.99. The van der Waals surface area contributed by atoms with Crippen LogP contribution < -0.4 is 10.6 Å². The van der Waals surface area contributed by atoms with Crippen molar-refractivity contribution in [2.75, 3.05) is 24.5 Å². The minimum Gasteiger partial charge on any atom is -0.368 e. The molecule has 0 bridgehead atoms. The first-order valence-electron chi connectivity index (χ1n) is 8.99. The third kappa shape index (κ3) is 2.60. The summed E-state index contributed by atoms with van der Waals surface area (Å²) in [5.74, 6) is -0.771. The van der Waals surface area contributed by atoms with Crippen LogP contribution in [0.15, 0.2) is 48.5 Å². The summed E-state index contributed by atoms with van der Waals surface area (Å²) in [6, 6.07) is 14.9. The van der Waals surface area contributed by atoms with Gasteiger partial charge in [0.1, 0.15) is 6.54 Å². The molecule has 0 aliphatic carbocycles. The number of benzene rings is 2. The van der Waals surface area contributed by atoms with Crippen LogP contribution in [0, 0.1) is 6.92 Å². The minimum absolute atomic E-state index is 0.0661. The van der Waals surface area contributed by atoms with Gasteiger partial charge in [-0.1, -0.05) is 36.4 Å². The first kappa shape index (κ1) is 17.3. The number of fused-ring (bicyclic) bond motifs is 2. The Bertz CT molecular complexity index is 955. The van der Waals surface area contributed by atoms with Gasteiger partial charge in [0.2, 0.25) is 11.8 Å². The van der Waals surface area contributed by atoms with Crippen molar-refractivity contribution in [3.63, 3.8) is 0 Å².